The van der Waals surface area contributed by atoms with E-state index in [4.69, 9.17) is 4.74 Å². The molecule has 35 heavy (non-hydrogen) atoms. The van der Waals surface area contributed by atoms with Crippen LogP contribution in [-0.4, -0.2) is 59.1 Å². The topological polar surface area (TPSA) is 101 Å². The second-order valence-corrected chi connectivity index (χ2v) is 9.41. The lowest BCUT2D eigenvalue weighted by Crippen LogP contribution is -2.34. The Balaban J connectivity index is 1.37. The molecule has 10 heteroatoms. The van der Waals surface area contributed by atoms with Crippen molar-refractivity contribution >= 4 is 35.2 Å². The standard InChI is InChI=1S/C25H30N6O3S/c1-17-6-9-19(10-7-17)31-24(30-12-4-5-13-30)28-29-25(31)35-16-23(33)26-15-22(32)27-20-14-18(2)8-11-21(20)34-3/h6-11,14H,4-5,12-13,15-16H2,1-3H3,(H,26,33)(H,27,32). The van der Waals surface area contributed by atoms with Crippen molar-refractivity contribution < 1.29 is 14.3 Å². The summed E-state index contributed by atoms with van der Waals surface area (Å²) >= 11 is 1.30. The third-order valence-corrected chi connectivity index (χ3v) is 6.63. The summed E-state index contributed by atoms with van der Waals surface area (Å²) < 4.78 is 7.28. The van der Waals surface area contributed by atoms with Gasteiger partial charge in [0, 0.05) is 13.1 Å². The van der Waals surface area contributed by atoms with E-state index in [1.165, 1.54) is 17.3 Å². The van der Waals surface area contributed by atoms with E-state index in [1.54, 1.807) is 13.2 Å². The SMILES string of the molecule is COc1ccc(C)cc1NC(=O)CNC(=O)CSc1nnc(N2CCCC2)n1-c1ccc(C)cc1. The van der Waals surface area contributed by atoms with Crippen molar-refractivity contribution in [2.45, 2.75) is 31.8 Å². The van der Waals surface area contributed by atoms with E-state index in [1.807, 2.05) is 54.8 Å². The van der Waals surface area contributed by atoms with Crippen molar-refractivity contribution in [3.8, 4) is 11.4 Å². The van der Waals surface area contributed by atoms with Crippen LogP contribution in [0.2, 0.25) is 0 Å². The van der Waals surface area contributed by atoms with Crippen LogP contribution in [0, 0.1) is 13.8 Å². The van der Waals surface area contributed by atoms with E-state index in [2.05, 4.69) is 25.7 Å². The minimum atomic E-state index is -0.327. The molecule has 0 atom stereocenters. The first-order valence-electron chi connectivity index (χ1n) is 11.6. The molecule has 0 unspecified atom stereocenters. The number of hydrogen-bond donors (Lipinski definition) is 2. The fraction of sp³-hybridized carbons (Fsp3) is 0.360. The van der Waals surface area contributed by atoms with Gasteiger partial charge in [-0.05, 0) is 56.5 Å². The highest BCUT2D eigenvalue weighted by Crippen LogP contribution is 2.29. The number of carbonyl (C=O) groups excluding carboxylic acids is 2. The highest BCUT2D eigenvalue weighted by Gasteiger charge is 2.23. The largest absolute Gasteiger partial charge is 0.495 e. The van der Waals surface area contributed by atoms with Gasteiger partial charge in [-0.3, -0.25) is 14.2 Å². The lowest BCUT2D eigenvalue weighted by Gasteiger charge is -2.18. The van der Waals surface area contributed by atoms with Gasteiger partial charge in [0.25, 0.3) is 0 Å². The Bertz CT molecular complexity index is 1190. The fourth-order valence-electron chi connectivity index (χ4n) is 3.87. The molecule has 0 saturated carbocycles. The molecule has 9 nitrogen and oxygen atoms in total. The highest BCUT2D eigenvalue weighted by atomic mass is 32.2. The number of nitrogens with zero attached hydrogens (tertiary/aromatic N) is 4. The predicted molar refractivity (Wildman–Crippen MR) is 138 cm³/mol. The maximum atomic E-state index is 12.5. The molecule has 2 N–H and O–H groups in total. The summed E-state index contributed by atoms with van der Waals surface area (Å²) in [4.78, 5) is 27.1. The normalized spacial score (nSPS) is 13.1. The predicted octanol–water partition coefficient (Wildman–Crippen LogP) is 3.34. The second kappa shape index (κ2) is 11.3. The van der Waals surface area contributed by atoms with Crippen LogP contribution in [0.5, 0.6) is 5.75 Å². The number of methoxy groups -OCH3 is 1. The first-order chi connectivity index (χ1) is 16.9. The monoisotopic (exact) mass is 494 g/mol. The molecule has 0 spiro atoms. The number of aromatic nitrogens is 3. The second-order valence-electron chi connectivity index (χ2n) is 8.47. The number of aryl methyl sites for hydroxylation is 2. The van der Waals surface area contributed by atoms with Gasteiger partial charge in [-0.2, -0.15) is 0 Å². The van der Waals surface area contributed by atoms with Crippen LogP contribution in [0.3, 0.4) is 0 Å². The Hall–Kier alpha value is -3.53. The van der Waals surface area contributed by atoms with Gasteiger partial charge in [-0.25, -0.2) is 0 Å². The van der Waals surface area contributed by atoms with E-state index >= 15 is 0 Å². The van der Waals surface area contributed by atoms with Gasteiger partial charge in [0.05, 0.1) is 30.8 Å². The summed E-state index contributed by atoms with van der Waals surface area (Å²) in [6.45, 7) is 5.72. The molecule has 1 aliphatic rings. The molecule has 184 valence electrons. The third kappa shape index (κ3) is 6.13. The summed E-state index contributed by atoms with van der Waals surface area (Å²) in [7, 11) is 1.55. The van der Waals surface area contributed by atoms with Crippen LogP contribution >= 0.6 is 11.8 Å². The van der Waals surface area contributed by atoms with Crippen molar-refractivity contribution in [3.05, 3.63) is 53.6 Å². The number of carbonyl (C=O) groups is 2. The third-order valence-electron chi connectivity index (χ3n) is 5.70. The van der Waals surface area contributed by atoms with Gasteiger partial charge in [0.15, 0.2) is 5.16 Å². The van der Waals surface area contributed by atoms with Gasteiger partial charge >= 0.3 is 0 Å². The zero-order valence-corrected chi connectivity index (χ0v) is 21.0. The number of hydrogen-bond acceptors (Lipinski definition) is 7. The Morgan fingerprint density at radius 1 is 1.00 bits per heavy atom. The zero-order valence-electron chi connectivity index (χ0n) is 20.2. The molecule has 1 aliphatic heterocycles. The Kier molecular flexibility index (Phi) is 7.91. The van der Waals surface area contributed by atoms with Crippen LogP contribution in [0.15, 0.2) is 47.6 Å². The first kappa shape index (κ1) is 24.6. The van der Waals surface area contributed by atoms with Gasteiger partial charge in [-0.1, -0.05) is 35.5 Å². The van der Waals surface area contributed by atoms with E-state index < -0.39 is 0 Å². The van der Waals surface area contributed by atoms with Crippen molar-refractivity contribution in [2.24, 2.45) is 0 Å². The summed E-state index contributed by atoms with van der Waals surface area (Å²) in [5.74, 6) is 0.884. The molecular formula is C25H30N6O3S. The van der Waals surface area contributed by atoms with Crippen LogP contribution in [-0.2, 0) is 9.59 Å². The van der Waals surface area contributed by atoms with E-state index in [9.17, 15) is 9.59 Å². The zero-order chi connectivity index (χ0) is 24.8. The van der Waals surface area contributed by atoms with Crippen LogP contribution in [0.1, 0.15) is 24.0 Å². The van der Waals surface area contributed by atoms with Crippen molar-refractivity contribution in [2.75, 3.05) is 42.7 Å². The van der Waals surface area contributed by atoms with Crippen LogP contribution in [0.25, 0.3) is 5.69 Å². The number of anilines is 2. The lowest BCUT2D eigenvalue weighted by atomic mass is 10.2. The fourth-order valence-corrected chi connectivity index (χ4v) is 4.65. The summed E-state index contributed by atoms with van der Waals surface area (Å²) in [6.07, 6.45) is 2.25. The number of benzene rings is 2. The highest BCUT2D eigenvalue weighted by molar-refractivity contribution is 7.99. The Labute approximate surface area is 209 Å². The average molecular weight is 495 g/mol. The molecule has 0 radical (unpaired) electrons. The molecule has 1 saturated heterocycles. The van der Waals surface area contributed by atoms with Gasteiger partial charge in [0.2, 0.25) is 17.8 Å². The summed E-state index contributed by atoms with van der Waals surface area (Å²) in [5, 5.41) is 14.9. The first-order valence-corrected chi connectivity index (χ1v) is 12.5. The molecule has 2 aromatic carbocycles. The molecule has 0 bridgehead atoms. The molecule has 1 fully saturated rings. The molecule has 3 aromatic rings. The van der Waals surface area contributed by atoms with Crippen molar-refractivity contribution in [3.63, 3.8) is 0 Å². The summed E-state index contributed by atoms with van der Waals surface area (Å²) in [6, 6.07) is 13.7. The van der Waals surface area contributed by atoms with E-state index in [0.29, 0.717) is 16.6 Å². The van der Waals surface area contributed by atoms with Gasteiger partial charge < -0.3 is 20.3 Å². The maximum absolute atomic E-state index is 12.5. The quantitative estimate of drug-likeness (QED) is 0.440. The van der Waals surface area contributed by atoms with Crippen molar-refractivity contribution in [1.29, 1.82) is 0 Å². The Morgan fingerprint density at radius 3 is 2.43 bits per heavy atom. The van der Waals surface area contributed by atoms with E-state index in [-0.39, 0.29) is 24.1 Å². The van der Waals surface area contributed by atoms with E-state index in [0.717, 1.165) is 43.1 Å². The van der Waals surface area contributed by atoms with Crippen LogP contribution < -0.4 is 20.3 Å². The number of rotatable bonds is 9. The average Bonchev–Trinajstić information content (AvgIpc) is 3.52. The maximum Gasteiger partial charge on any atom is 0.243 e. The molecule has 0 aliphatic carbocycles. The number of nitrogens with one attached hydrogen (secondary N) is 2. The van der Waals surface area contributed by atoms with Gasteiger partial charge in [0.1, 0.15) is 5.75 Å². The Morgan fingerprint density at radius 2 is 1.71 bits per heavy atom. The van der Waals surface area contributed by atoms with Crippen molar-refractivity contribution in [1.82, 2.24) is 20.1 Å². The lowest BCUT2D eigenvalue weighted by molar-refractivity contribution is -0.122. The number of amides is 2. The molecule has 1 aromatic heterocycles. The minimum absolute atomic E-state index is 0.116. The van der Waals surface area contributed by atoms with Gasteiger partial charge in [-0.15, -0.1) is 10.2 Å². The number of ether oxygens (including phenoxy) is 1. The molecular weight excluding hydrogens is 464 g/mol. The minimum Gasteiger partial charge on any atom is -0.495 e. The molecule has 2 heterocycles. The molecule has 4 rings (SSSR count). The number of thioether (sulfide) groups is 1. The summed E-state index contributed by atoms with van der Waals surface area (Å²) in [5.41, 5.74) is 3.69. The molecule has 2 amide bonds. The van der Waals surface area contributed by atoms with Crippen LogP contribution in [0.4, 0.5) is 11.6 Å². The smallest absolute Gasteiger partial charge is 0.243 e.